The molecule has 0 N–H and O–H groups in total. The Morgan fingerprint density at radius 1 is 1.23 bits per heavy atom. The first-order valence-corrected chi connectivity index (χ1v) is 7.75. The van der Waals surface area contributed by atoms with Gasteiger partial charge >= 0.3 is 0 Å². The first kappa shape index (κ1) is 16.6. The summed E-state index contributed by atoms with van der Waals surface area (Å²) in [4.78, 5) is 17.1. The van der Waals surface area contributed by atoms with E-state index in [1.54, 1.807) is 19.9 Å². The summed E-state index contributed by atoms with van der Waals surface area (Å²) in [5.41, 5.74) is 4.03. The quantitative estimate of drug-likeness (QED) is 0.730. The van der Waals surface area contributed by atoms with Crippen molar-refractivity contribution in [1.82, 2.24) is 0 Å². The number of rotatable bonds is 3. The van der Waals surface area contributed by atoms with Crippen molar-refractivity contribution in [3.63, 3.8) is 0 Å². The Kier molecular flexibility index (Phi) is 4.64. The van der Waals surface area contributed by atoms with Crippen molar-refractivity contribution in [1.29, 1.82) is 0 Å². The topological polar surface area (TPSA) is 29.4 Å². The number of hydrogen-bond acceptors (Lipinski definition) is 2. The number of aliphatic imine (C=N–C) groups is 1. The predicted octanol–water partition coefficient (Wildman–Crippen LogP) is 4.90. The molecule has 1 aromatic carbocycles. The van der Waals surface area contributed by atoms with Crippen LogP contribution in [0.3, 0.4) is 0 Å². The molecule has 0 heterocycles. The summed E-state index contributed by atoms with van der Waals surface area (Å²) in [5, 5.41) is 0. The number of Topliss-reactive ketones (excluding diaryl/α,β-unsaturated/α-hetero) is 1. The zero-order chi connectivity index (χ0) is 16.5. The fourth-order valence-electron chi connectivity index (χ4n) is 3.46. The molecule has 118 valence electrons. The van der Waals surface area contributed by atoms with E-state index in [1.807, 2.05) is 26.8 Å². The van der Waals surface area contributed by atoms with Crippen molar-refractivity contribution in [2.45, 2.75) is 59.3 Å². The molecule has 0 bridgehead atoms. The predicted molar refractivity (Wildman–Crippen MR) is 88.8 cm³/mol. The largest absolute Gasteiger partial charge is 0.299 e. The molecule has 1 unspecified atom stereocenters. The maximum atomic E-state index is 14.0. The van der Waals surface area contributed by atoms with Crippen LogP contribution in [0, 0.1) is 12.7 Å². The molecule has 0 saturated carbocycles. The van der Waals surface area contributed by atoms with Gasteiger partial charge in [0.25, 0.3) is 0 Å². The van der Waals surface area contributed by atoms with E-state index in [-0.39, 0.29) is 11.6 Å². The molecule has 0 spiro atoms. The third kappa shape index (κ3) is 2.90. The van der Waals surface area contributed by atoms with Gasteiger partial charge in [0.1, 0.15) is 11.6 Å². The number of nitrogens with zero attached hydrogens (tertiary/aromatic N) is 1. The van der Waals surface area contributed by atoms with Gasteiger partial charge in [-0.2, -0.15) is 0 Å². The fourth-order valence-corrected chi connectivity index (χ4v) is 3.46. The number of hydrogen-bond donors (Lipinski definition) is 0. The molecule has 0 fully saturated rings. The van der Waals surface area contributed by atoms with Gasteiger partial charge in [-0.05, 0) is 71.1 Å². The van der Waals surface area contributed by atoms with E-state index in [0.717, 1.165) is 29.0 Å². The van der Waals surface area contributed by atoms with Crippen LogP contribution in [-0.2, 0) is 10.2 Å². The number of allylic oxidation sites excluding steroid dienone is 2. The van der Waals surface area contributed by atoms with Crippen LogP contribution in [0.25, 0.3) is 0 Å². The monoisotopic (exact) mass is 301 g/mol. The highest BCUT2D eigenvalue weighted by Gasteiger charge is 2.41. The number of carbonyl (C=O) groups excluding carboxylic acids is 1. The lowest BCUT2D eigenvalue weighted by Gasteiger charge is -2.37. The van der Waals surface area contributed by atoms with Gasteiger partial charge in [-0.25, -0.2) is 4.39 Å². The third-order valence-electron chi connectivity index (χ3n) is 4.66. The van der Waals surface area contributed by atoms with Gasteiger partial charge in [0.15, 0.2) is 0 Å². The summed E-state index contributed by atoms with van der Waals surface area (Å²) in [7, 11) is 0. The maximum Gasteiger partial charge on any atom is 0.140 e. The van der Waals surface area contributed by atoms with Crippen LogP contribution < -0.4 is 0 Å². The third-order valence-corrected chi connectivity index (χ3v) is 4.66. The normalized spacial score (nSPS) is 21.7. The Balaban J connectivity index is 2.54. The standard InChI is InChI=1S/C19H24FNO/c1-12(2)21-18-9-10-19(15(5)22,11-13(18)3)16-7-6-8-17(20)14(16)4/h6-8H,9-11H2,1-5H3. The lowest BCUT2D eigenvalue weighted by molar-refractivity contribution is -0.123. The first-order valence-electron chi connectivity index (χ1n) is 7.75. The highest BCUT2D eigenvalue weighted by Crippen LogP contribution is 2.44. The van der Waals surface area contributed by atoms with Crippen LogP contribution in [0.5, 0.6) is 0 Å². The summed E-state index contributed by atoms with van der Waals surface area (Å²) in [6, 6.07) is 5.05. The molecular formula is C19H24FNO. The van der Waals surface area contributed by atoms with Gasteiger partial charge in [-0.3, -0.25) is 9.79 Å². The number of benzene rings is 1. The Labute approximate surface area is 132 Å². The maximum absolute atomic E-state index is 14.0. The Hall–Kier alpha value is -1.77. The van der Waals surface area contributed by atoms with Crippen molar-refractivity contribution in [2.24, 2.45) is 4.99 Å². The van der Waals surface area contributed by atoms with Crippen LogP contribution in [-0.4, -0.2) is 11.5 Å². The van der Waals surface area contributed by atoms with E-state index >= 15 is 0 Å². The Bertz CT molecular complexity index is 668. The molecule has 1 aliphatic carbocycles. The molecule has 1 aliphatic rings. The van der Waals surface area contributed by atoms with Crippen molar-refractivity contribution in [3.05, 3.63) is 46.4 Å². The van der Waals surface area contributed by atoms with E-state index in [4.69, 9.17) is 0 Å². The van der Waals surface area contributed by atoms with Crippen LogP contribution >= 0.6 is 0 Å². The molecular weight excluding hydrogens is 277 g/mol. The summed E-state index contributed by atoms with van der Waals surface area (Å²) >= 11 is 0. The van der Waals surface area contributed by atoms with Crippen LogP contribution in [0.1, 0.15) is 58.1 Å². The Morgan fingerprint density at radius 3 is 2.45 bits per heavy atom. The summed E-state index contributed by atoms with van der Waals surface area (Å²) in [6.45, 7) is 9.37. The molecule has 1 atom stereocenters. The van der Waals surface area contributed by atoms with Gasteiger partial charge in [-0.15, -0.1) is 0 Å². The lowest BCUT2D eigenvalue weighted by atomic mass is 9.65. The fraction of sp³-hybridized carbons (Fsp3) is 0.474. The highest BCUT2D eigenvalue weighted by atomic mass is 19.1. The van der Waals surface area contributed by atoms with Gasteiger partial charge in [-0.1, -0.05) is 17.7 Å². The molecule has 0 radical (unpaired) electrons. The highest BCUT2D eigenvalue weighted by molar-refractivity contribution is 5.89. The van der Waals surface area contributed by atoms with Gasteiger partial charge in [0.05, 0.1) is 5.41 Å². The smallest absolute Gasteiger partial charge is 0.140 e. The van der Waals surface area contributed by atoms with E-state index in [0.29, 0.717) is 18.4 Å². The SMILES string of the molecule is CC(=O)C1(c2cccc(F)c2C)CCC(N=C(C)C)=C(C)C1. The number of halogens is 1. The van der Waals surface area contributed by atoms with Gasteiger partial charge in [0, 0.05) is 11.4 Å². The second kappa shape index (κ2) is 6.15. The molecule has 0 saturated heterocycles. The van der Waals surface area contributed by atoms with E-state index in [9.17, 15) is 9.18 Å². The minimum atomic E-state index is -0.614. The molecule has 0 amide bonds. The molecule has 22 heavy (non-hydrogen) atoms. The summed E-state index contributed by atoms with van der Waals surface area (Å²) < 4.78 is 14.0. The summed E-state index contributed by atoms with van der Waals surface area (Å²) in [5.74, 6) is -0.134. The van der Waals surface area contributed by atoms with Crippen molar-refractivity contribution in [2.75, 3.05) is 0 Å². The van der Waals surface area contributed by atoms with Crippen molar-refractivity contribution >= 4 is 11.5 Å². The average Bonchev–Trinajstić information content (AvgIpc) is 2.43. The van der Waals surface area contributed by atoms with Crippen molar-refractivity contribution in [3.8, 4) is 0 Å². The Morgan fingerprint density at radius 2 is 1.91 bits per heavy atom. The second-order valence-electron chi connectivity index (χ2n) is 6.51. The van der Waals surface area contributed by atoms with E-state index in [1.165, 1.54) is 6.07 Å². The number of carbonyl (C=O) groups is 1. The minimum Gasteiger partial charge on any atom is -0.299 e. The number of ketones is 1. The second-order valence-corrected chi connectivity index (χ2v) is 6.51. The van der Waals surface area contributed by atoms with E-state index in [2.05, 4.69) is 4.99 Å². The van der Waals surface area contributed by atoms with Crippen LogP contribution in [0.2, 0.25) is 0 Å². The molecule has 1 aromatic rings. The molecule has 2 nitrogen and oxygen atoms in total. The van der Waals surface area contributed by atoms with E-state index < -0.39 is 5.41 Å². The molecule has 0 aromatic heterocycles. The zero-order valence-electron chi connectivity index (χ0n) is 14.1. The molecule has 2 rings (SSSR count). The van der Waals surface area contributed by atoms with Gasteiger partial charge in [0.2, 0.25) is 0 Å². The van der Waals surface area contributed by atoms with Crippen LogP contribution in [0.15, 0.2) is 34.5 Å². The van der Waals surface area contributed by atoms with Crippen molar-refractivity contribution < 1.29 is 9.18 Å². The first-order chi connectivity index (χ1) is 10.3. The zero-order valence-corrected chi connectivity index (χ0v) is 14.1. The lowest BCUT2D eigenvalue weighted by Crippen LogP contribution is -2.38. The molecule has 3 heteroatoms. The molecule has 0 aliphatic heterocycles. The minimum absolute atomic E-state index is 0.108. The summed E-state index contributed by atoms with van der Waals surface area (Å²) in [6.07, 6.45) is 2.07. The van der Waals surface area contributed by atoms with Gasteiger partial charge < -0.3 is 0 Å². The van der Waals surface area contributed by atoms with Crippen LogP contribution in [0.4, 0.5) is 4.39 Å². The average molecular weight is 301 g/mol.